The maximum Gasteiger partial charge on any atom is 0.310 e. The summed E-state index contributed by atoms with van der Waals surface area (Å²) in [6.07, 6.45) is 7.49. The van der Waals surface area contributed by atoms with Crippen molar-refractivity contribution in [3.8, 4) is 0 Å². The van der Waals surface area contributed by atoms with Gasteiger partial charge < -0.3 is 4.74 Å². The molecule has 0 amide bonds. The number of hydrogen-bond acceptors (Lipinski definition) is 3. The average Bonchev–Trinajstić information content (AvgIpc) is 2.53. The molecule has 3 heteroatoms. The minimum absolute atomic E-state index is 0.0146. The highest BCUT2D eigenvalue weighted by molar-refractivity contribution is 7.99. The summed E-state index contributed by atoms with van der Waals surface area (Å²) >= 11 is 1.98. The number of hydrogen-bond donors (Lipinski definition) is 0. The number of benzene rings is 1. The van der Waals surface area contributed by atoms with Crippen molar-refractivity contribution in [1.29, 1.82) is 0 Å². The molecule has 116 valence electrons. The van der Waals surface area contributed by atoms with Gasteiger partial charge in [0.1, 0.15) is 0 Å². The Bertz CT molecular complexity index is 412. The number of esters is 1. The van der Waals surface area contributed by atoms with Crippen LogP contribution in [0.4, 0.5) is 0 Å². The normalized spacial score (nSPS) is 17.4. The summed E-state index contributed by atoms with van der Waals surface area (Å²) in [5.41, 5.74) is 1.22. The van der Waals surface area contributed by atoms with Gasteiger partial charge in [0.05, 0.1) is 12.5 Å². The Hall–Kier alpha value is -0.960. The topological polar surface area (TPSA) is 26.3 Å². The molecule has 0 spiro atoms. The Morgan fingerprint density at radius 2 is 1.95 bits per heavy atom. The molecule has 1 aromatic carbocycles. The van der Waals surface area contributed by atoms with Gasteiger partial charge in [-0.3, -0.25) is 4.79 Å². The molecule has 2 rings (SSSR count). The lowest BCUT2D eigenvalue weighted by Crippen LogP contribution is -2.24. The van der Waals surface area contributed by atoms with Gasteiger partial charge >= 0.3 is 5.97 Å². The number of carbonyl (C=O) groups is 1. The molecule has 1 aromatic rings. The van der Waals surface area contributed by atoms with E-state index in [9.17, 15) is 4.79 Å². The van der Waals surface area contributed by atoms with E-state index in [0.29, 0.717) is 6.61 Å². The van der Waals surface area contributed by atoms with Crippen molar-refractivity contribution in [2.45, 2.75) is 50.7 Å². The van der Waals surface area contributed by atoms with Crippen LogP contribution in [0.25, 0.3) is 0 Å². The van der Waals surface area contributed by atoms with Crippen LogP contribution in [-0.4, -0.2) is 23.6 Å². The molecule has 0 unspecified atom stereocenters. The standard InChI is InChI=1S/C18H26O2S/c1-2-20-18(19)16(13-15-9-5-3-6-10-15)14-21-17-11-7-4-8-12-17/h3,5-6,9-10,16-17H,2,4,7-8,11-14H2,1H3/t16-/m1/s1. The van der Waals surface area contributed by atoms with E-state index in [2.05, 4.69) is 12.1 Å². The lowest BCUT2D eigenvalue weighted by atomic mass is 10.0. The molecule has 1 saturated carbocycles. The van der Waals surface area contributed by atoms with Crippen molar-refractivity contribution < 1.29 is 9.53 Å². The van der Waals surface area contributed by atoms with Gasteiger partial charge in [-0.2, -0.15) is 11.8 Å². The monoisotopic (exact) mass is 306 g/mol. The Balaban J connectivity index is 1.89. The molecule has 21 heavy (non-hydrogen) atoms. The molecular weight excluding hydrogens is 280 g/mol. The molecule has 1 aliphatic carbocycles. The fourth-order valence-electron chi connectivity index (χ4n) is 2.85. The summed E-state index contributed by atoms with van der Waals surface area (Å²) in [5.74, 6) is 0.835. The molecule has 1 fully saturated rings. The smallest absolute Gasteiger partial charge is 0.310 e. The highest BCUT2D eigenvalue weighted by Gasteiger charge is 2.23. The second-order valence-corrected chi connectivity index (χ2v) is 7.07. The van der Waals surface area contributed by atoms with Crippen molar-refractivity contribution in [2.75, 3.05) is 12.4 Å². The summed E-state index contributed by atoms with van der Waals surface area (Å²) in [6, 6.07) is 10.3. The van der Waals surface area contributed by atoms with Gasteiger partial charge in [-0.1, -0.05) is 49.6 Å². The minimum Gasteiger partial charge on any atom is -0.466 e. The van der Waals surface area contributed by atoms with Gasteiger partial charge in [0, 0.05) is 11.0 Å². The first-order chi connectivity index (χ1) is 10.3. The van der Waals surface area contributed by atoms with Crippen LogP contribution >= 0.6 is 11.8 Å². The molecule has 1 atom stereocenters. The zero-order valence-electron chi connectivity index (χ0n) is 12.9. The first-order valence-corrected chi connectivity index (χ1v) is 9.16. The van der Waals surface area contributed by atoms with Crippen LogP contribution < -0.4 is 0 Å². The van der Waals surface area contributed by atoms with E-state index in [4.69, 9.17) is 4.74 Å². The van der Waals surface area contributed by atoms with Crippen LogP contribution in [-0.2, 0) is 16.0 Å². The molecule has 0 heterocycles. The molecule has 0 bridgehead atoms. The van der Waals surface area contributed by atoms with Crippen LogP contribution in [0.15, 0.2) is 30.3 Å². The van der Waals surface area contributed by atoms with Crippen molar-refractivity contribution in [1.82, 2.24) is 0 Å². The SMILES string of the molecule is CCOC(=O)[C@@H](CSC1CCCCC1)Cc1ccccc1. The fourth-order valence-corrected chi connectivity index (χ4v) is 4.28. The molecule has 0 aromatic heterocycles. The molecule has 2 nitrogen and oxygen atoms in total. The quantitative estimate of drug-likeness (QED) is 0.695. The van der Waals surface area contributed by atoms with E-state index < -0.39 is 0 Å². The fraction of sp³-hybridized carbons (Fsp3) is 0.611. The third-order valence-corrected chi connectivity index (χ3v) is 5.57. The van der Waals surface area contributed by atoms with E-state index in [1.807, 2.05) is 36.9 Å². The summed E-state index contributed by atoms with van der Waals surface area (Å²) in [5, 5.41) is 0.742. The predicted molar refractivity (Wildman–Crippen MR) is 89.6 cm³/mol. The second kappa shape index (κ2) is 9.14. The van der Waals surface area contributed by atoms with Crippen molar-refractivity contribution >= 4 is 17.7 Å². The maximum absolute atomic E-state index is 12.2. The Morgan fingerprint density at radius 1 is 1.24 bits per heavy atom. The van der Waals surface area contributed by atoms with Gasteiger partial charge in [-0.15, -0.1) is 0 Å². The van der Waals surface area contributed by atoms with Gasteiger partial charge in [-0.05, 0) is 31.7 Å². The summed E-state index contributed by atoms with van der Waals surface area (Å²) in [6.45, 7) is 2.35. The first-order valence-electron chi connectivity index (χ1n) is 8.11. The molecule has 0 N–H and O–H groups in total. The van der Waals surface area contributed by atoms with Gasteiger partial charge in [0.2, 0.25) is 0 Å². The Kier molecular flexibility index (Phi) is 7.14. The van der Waals surface area contributed by atoms with Crippen molar-refractivity contribution in [3.63, 3.8) is 0 Å². The highest BCUT2D eigenvalue weighted by atomic mass is 32.2. The second-order valence-electron chi connectivity index (χ2n) is 5.73. The van der Waals surface area contributed by atoms with Gasteiger partial charge in [-0.25, -0.2) is 0 Å². The van der Waals surface area contributed by atoms with E-state index in [-0.39, 0.29) is 11.9 Å². The first kappa shape index (κ1) is 16.4. The van der Waals surface area contributed by atoms with Crippen molar-refractivity contribution in [3.05, 3.63) is 35.9 Å². The summed E-state index contributed by atoms with van der Waals surface area (Å²) in [7, 11) is 0. The lowest BCUT2D eigenvalue weighted by molar-refractivity contribution is -0.147. The third kappa shape index (κ3) is 5.74. The Labute approximate surface area is 132 Å². The van der Waals surface area contributed by atoms with Crippen LogP contribution in [0.5, 0.6) is 0 Å². The molecular formula is C18H26O2S. The molecule has 0 aliphatic heterocycles. The number of rotatable bonds is 7. The zero-order valence-corrected chi connectivity index (χ0v) is 13.7. The number of thioether (sulfide) groups is 1. The maximum atomic E-state index is 12.2. The van der Waals surface area contributed by atoms with Gasteiger partial charge in [0.25, 0.3) is 0 Å². The van der Waals surface area contributed by atoms with Crippen LogP contribution in [0, 0.1) is 5.92 Å². The molecule has 0 saturated heterocycles. The average molecular weight is 306 g/mol. The van der Waals surface area contributed by atoms with E-state index >= 15 is 0 Å². The van der Waals surface area contributed by atoms with Crippen molar-refractivity contribution in [2.24, 2.45) is 5.92 Å². The Morgan fingerprint density at radius 3 is 2.62 bits per heavy atom. The third-order valence-electron chi connectivity index (χ3n) is 4.03. The summed E-state index contributed by atoms with van der Waals surface area (Å²) in [4.78, 5) is 12.2. The van der Waals surface area contributed by atoms with E-state index in [0.717, 1.165) is 17.4 Å². The molecule has 0 radical (unpaired) electrons. The lowest BCUT2D eigenvalue weighted by Gasteiger charge is -2.23. The predicted octanol–water partition coefficient (Wildman–Crippen LogP) is 4.47. The van der Waals surface area contributed by atoms with Crippen LogP contribution in [0.1, 0.15) is 44.6 Å². The van der Waals surface area contributed by atoms with E-state index in [1.54, 1.807) is 0 Å². The van der Waals surface area contributed by atoms with Crippen LogP contribution in [0.3, 0.4) is 0 Å². The summed E-state index contributed by atoms with van der Waals surface area (Å²) < 4.78 is 5.26. The number of ether oxygens (including phenoxy) is 1. The number of carbonyl (C=O) groups excluding carboxylic acids is 1. The minimum atomic E-state index is -0.0373. The zero-order chi connectivity index (χ0) is 14.9. The van der Waals surface area contributed by atoms with Crippen LogP contribution in [0.2, 0.25) is 0 Å². The highest BCUT2D eigenvalue weighted by Crippen LogP contribution is 2.30. The van der Waals surface area contributed by atoms with Gasteiger partial charge in [0.15, 0.2) is 0 Å². The molecule has 1 aliphatic rings. The van der Waals surface area contributed by atoms with E-state index in [1.165, 1.54) is 37.7 Å². The largest absolute Gasteiger partial charge is 0.466 e.